The van der Waals surface area contributed by atoms with Gasteiger partial charge in [-0.3, -0.25) is 14.9 Å². The third-order valence-corrected chi connectivity index (χ3v) is 3.53. The number of nitro groups is 1. The summed E-state index contributed by atoms with van der Waals surface area (Å²) in [6, 6.07) is 7.22. The van der Waals surface area contributed by atoms with Crippen molar-refractivity contribution < 1.29 is 32.4 Å². The van der Waals surface area contributed by atoms with Crippen LogP contribution in [0.25, 0.3) is 0 Å². The Morgan fingerprint density at radius 1 is 1.14 bits per heavy atom. The van der Waals surface area contributed by atoms with E-state index in [1.807, 2.05) is 0 Å². The molecule has 0 fully saturated rings. The number of alkyl halides is 3. The van der Waals surface area contributed by atoms with E-state index in [4.69, 9.17) is 4.74 Å². The van der Waals surface area contributed by atoms with E-state index in [1.54, 1.807) is 0 Å². The number of non-ortho nitro benzene ring substituents is 1. The normalized spacial score (nSPS) is 10.9. The third kappa shape index (κ3) is 5.19. The summed E-state index contributed by atoms with van der Waals surface area (Å²) in [5, 5.41) is 15.8. The van der Waals surface area contributed by atoms with Gasteiger partial charge in [0.25, 0.3) is 11.6 Å². The fourth-order valence-corrected chi connectivity index (χ4v) is 2.18. The van der Waals surface area contributed by atoms with Crippen molar-refractivity contribution in [2.45, 2.75) is 6.18 Å². The number of halogens is 3. The number of hydrogen-bond acceptors (Lipinski definition) is 6. The van der Waals surface area contributed by atoms with Gasteiger partial charge in [-0.1, -0.05) is 0 Å². The first-order valence-corrected chi connectivity index (χ1v) is 7.72. The second-order valence-electron chi connectivity index (χ2n) is 5.44. The van der Waals surface area contributed by atoms with Gasteiger partial charge < -0.3 is 15.4 Å². The molecule has 2 aromatic rings. The molecule has 148 valence electrons. The Balaban J connectivity index is 2.00. The smallest absolute Gasteiger partial charge is 0.416 e. The van der Waals surface area contributed by atoms with Crippen LogP contribution in [0.15, 0.2) is 42.5 Å². The molecule has 1 amide bonds. The number of ether oxygens (including phenoxy) is 1. The molecular weight excluding hydrogens is 383 g/mol. The van der Waals surface area contributed by atoms with Crippen LogP contribution < -0.4 is 10.6 Å². The Labute approximate surface area is 156 Å². The van der Waals surface area contributed by atoms with Crippen LogP contribution in [0.4, 0.5) is 30.2 Å². The van der Waals surface area contributed by atoms with Crippen LogP contribution in [0.3, 0.4) is 0 Å². The van der Waals surface area contributed by atoms with Gasteiger partial charge in [-0.05, 0) is 30.3 Å². The lowest BCUT2D eigenvalue weighted by molar-refractivity contribution is -0.384. The molecule has 0 saturated carbocycles. The monoisotopic (exact) mass is 397 g/mol. The maximum Gasteiger partial charge on any atom is 0.416 e. The summed E-state index contributed by atoms with van der Waals surface area (Å²) in [7, 11) is 1.50. The van der Waals surface area contributed by atoms with Crippen molar-refractivity contribution in [1.82, 2.24) is 0 Å². The van der Waals surface area contributed by atoms with Crippen LogP contribution in [0, 0.1) is 10.1 Å². The lowest BCUT2D eigenvalue weighted by atomic mass is 10.1. The molecule has 2 N–H and O–H groups in total. The van der Waals surface area contributed by atoms with Gasteiger partial charge in [0.2, 0.25) is 0 Å². The fourth-order valence-electron chi connectivity index (χ4n) is 2.18. The summed E-state index contributed by atoms with van der Waals surface area (Å²) >= 11 is 0. The first kappa shape index (κ1) is 20.7. The average molecular weight is 397 g/mol. The summed E-state index contributed by atoms with van der Waals surface area (Å²) in [5.74, 6) is -1.76. The highest BCUT2D eigenvalue weighted by Gasteiger charge is 2.30. The van der Waals surface area contributed by atoms with E-state index >= 15 is 0 Å². The summed E-state index contributed by atoms with van der Waals surface area (Å²) in [6.07, 6.45) is -4.50. The minimum absolute atomic E-state index is 0.0836. The molecule has 0 atom stereocenters. The highest BCUT2D eigenvalue weighted by molar-refractivity contribution is 5.99. The van der Waals surface area contributed by atoms with Crippen molar-refractivity contribution >= 4 is 28.9 Å². The van der Waals surface area contributed by atoms with Crippen molar-refractivity contribution in [2.75, 3.05) is 24.3 Å². The van der Waals surface area contributed by atoms with E-state index < -0.39 is 35.1 Å². The minimum Gasteiger partial charge on any atom is -0.452 e. The standard InChI is InChI=1S/C17H14F3N3O5/c1-21-14-7-6-12(23(26)27)8-13(14)16(25)28-9-15(24)22-11-4-2-10(3-5-11)17(18,19)20/h2-8,21H,9H2,1H3,(H,22,24). The Bertz CT molecular complexity index is 898. The predicted octanol–water partition coefficient (Wildman–Crippen LogP) is 3.45. The van der Waals surface area contributed by atoms with Crippen LogP contribution in [-0.4, -0.2) is 30.5 Å². The maximum absolute atomic E-state index is 12.5. The van der Waals surface area contributed by atoms with E-state index in [0.717, 1.165) is 30.3 Å². The van der Waals surface area contributed by atoms with Gasteiger partial charge in [0, 0.05) is 30.6 Å². The van der Waals surface area contributed by atoms with Gasteiger partial charge in [-0.25, -0.2) is 4.79 Å². The van der Waals surface area contributed by atoms with Crippen molar-refractivity contribution in [3.63, 3.8) is 0 Å². The largest absolute Gasteiger partial charge is 0.452 e. The van der Waals surface area contributed by atoms with Crippen molar-refractivity contribution in [1.29, 1.82) is 0 Å². The fraction of sp³-hybridized carbons (Fsp3) is 0.176. The Morgan fingerprint density at radius 2 is 1.79 bits per heavy atom. The molecule has 0 saturated heterocycles. The number of amides is 1. The van der Waals surface area contributed by atoms with E-state index in [-0.39, 0.29) is 22.6 Å². The van der Waals surface area contributed by atoms with E-state index in [9.17, 15) is 32.9 Å². The number of carbonyl (C=O) groups is 2. The minimum atomic E-state index is -4.50. The van der Waals surface area contributed by atoms with E-state index in [1.165, 1.54) is 19.2 Å². The molecule has 0 unspecified atom stereocenters. The predicted molar refractivity (Wildman–Crippen MR) is 93.0 cm³/mol. The van der Waals surface area contributed by atoms with Gasteiger partial charge in [-0.15, -0.1) is 0 Å². The van der Waals surface area contributed by atoms with Crippen LogP contribution >= 0.6 is 0 Å². The number of nitro benzene ring substituents is 1. The SMILES string of the molecule is CNc1ccc([N+](=O)[O-])cc1C(=O)OCC(=O)Nc1ccc(C(F)(F)F)cc1. The number of nitrogens with one attached hydrogen (secondary N) is 2. The highest BCUT2D eigenvalue weighted by Crippen LogP contribution is 2.29. The molecule has 2 rings (SSSR count). The van der Waals surface area contributed by atoms with Gasteiger partial charge in [-0.2, -0.15) is 13.2 Å². The van der Waals surface area contributed by atoms with Gasteiger partial charge in [0.1, 0.15) is 0 Å². The molecule has 0 aliphatic carbocycles. The Kier molecular flexibility index (Phi) is 6.18. The van der Waals surface area contributed by atoms with Gasteiger partial charge in [0.15, 0.2) is 6.61 Å². The number of carbonyl (C=O) groups excluding carboxylic acids is 2. The Hall–Kier alpha value is -3.63. The van der Waals surface area contributed by atoms with Gasteiger partial charge >= 0.3 is 12.1 Å². The lowest BCUT2D eigenvalue weighted by Gasteiger charge is -2.10. The summed E-state index contributed by atoms with van der Waals surface area (Å²) in [6.45, 7) is -0.730. The molecule has 0 radical (unpaired) electrons. The second-order valence-corrected chi connectivity index (χ2v) is 5.44. The molecule has 0 bridgehead atoms. The molecule has 8 nitrogen and oxygen atoms in total. The number of rotatable bonds is 6. The first-order chi connectivity index (χ1) is 13.1. The molecule has 0 aliphatic rings. The third-order valence-electron chi connectivity index (χ3n) is 3.53. The zero-order valence-electron chi connectivity index (χ0n) is 14.4. The molecule has 11 heteroatoms. The summed E-state index contributed by atoms with van der Waals surface area (Å²) < 4.78 is 42.3. The molecule has 0 aliphatic heterocycles. The number of hydrogen-bond donors (Lipinski definition) is 2. The topological polar surface area (TPSA) is 111 Å². The van der Waals surface area contributed by atoms with Crippen LogP contribution in [0.2, 0.25) is 0 Å². The molecule has 0 spiro atoms. The molecule has 0 aromatic heterocycles. The van der Waals surface area contributed by atoms with Crippen LogP contribution in [0.1, 0.15) is 15.9 Å². The Morgan fingerprint density at radius 3 is 2.32 bits per heavy atom. The van der Waals surface area contributed by atoms with E-state index in [0.29, 0.717) is 0 Å². The van der Waals surface area contributed by atoms with Crippen LogP contribution in [-0.2, 0) is 15.7 Å². The van der Waals surface area contributed by atoms with Crippen molar-refractivity contribution in [3.8, 4) is 0 Å². The average Bonchev–Trinajstić information content (AvgIpc) is 2.65. The summed E-state index contributed by atoms with van der Waals surface area (Å²) in [5.41, 5.74) is -1.000. The van der Waals surface area contributed by atoms with Gasteiger partial charge in [0.05, 0.1) is 16.1 Å². The number of esters is 1. The number of anilines is 2. The lowest BCUT2D eigenvalue weighted by Crippen LogP contribution is -2.21. The highest BCUT2D eigenvalue weighted by atomic mass is 19.4. The summed E-state index contributed by atoms with van der Waals surface area (Å²) in [4.78, 5) is 34.1. The molecule has 0 heterocycles. The molecule has 28 heavy (non-hydrogen) atoms. The van der Waals surface area contributed by atoms with Crippen molar-refractivity contribution in [2.24, 2.45) is 0 Å². The van der Waals surface area contributed by atoms with Crippen molar-refractivity contribution in [3.05, 3.63) is 63.7 Å². The molecule has 2 aromatic carbocycles. The molecular formula is C17H14F3N3O5. The van der Waals surface area contributed by atoms with Crippen LogP contribution in [0.5, 0.6) is 0 Å². The quantitative estimate of drug-likeness (QED) is 0.439. The second kappa shape index (κ2) is 8.37. The number of nitrogens with zero attached hydrogens (tertiary/aromatic N) is 1. The maximum atomic E-state index is 12.5. The first-order valence-electron chi connectivity index (χ1n) is 7.72. The zero-order chi connectivity index (χ0) is 20.9. The van der Waals surface area contributed by atoms with E-state index in [2.05, 4.69) is 10.6 Å². The zero-order valence-corrected chi connectivity index (χ0v) is 14.4. The number of benzene rings is 2.